The van der Waals surface area contributed by atoms with E-state index in [0.29, 0.717) is 18.7 Å². The molecule has 22 heavy (non-hydrogen) atoms. The Morgan fingerprint density at radius 2 is 2.18 bits per heavy atom. The average molecular weight is 307 g/mol. The molecule has 0 aliphatic carbocycles. The van der Waals surface area contributed by atoms with E-state index in [4.69, 9.17) is 9.47 Å². The number of carbonyl (C=O) groups excluding carboxylic acids is 1. The Balaban J connectivity index is 1.67. The first-order valence-electron chi connectivity index (χ1n) is 7.86. The molecule has 2 aliphatic rings. The molecule has 5 heteroatoms. The SMILES string of the molecule is CO[C@H]1CCCOC12CCN(C(=O)c1cccc(F)c1)CC2. The maximum atomic E-state index is 13.3. The highest BCUT2D eigenvalue weighted by atomic mass is 19.1. The Bertz CT molecular complexity index is 540. The fourth-order valence-corrected chi connectivity index (χ4v) is 3.59. The molecule has 0 unspecified atom stereocenters. The summed E-state index contributed by atoms with van der Waals surface area (Å²) in [6.07, 6.45) is 3.67. The van der Waals surface area contributed by atoms with E-state index in [9.17, 15) is 9.18 Å². The third kappa shape index (κ3) is 2.88. The van der Waals surface area contributed by atoms with Crippen LogP contribution in [-0.2, 0) is 9.47 Å². The van der Waals surface area contributed by atoms with Gasteiger partial charge in [0.15, 0.2) is 0 Å². The number of hydrogen-bond acceptors (Lipinski definition) is 3. The highest BCUT2D eigenvalue weighted by Gasteiger charge is 2.45. The van der Waals surface area contributed by atoms with Crippen molar-refractivity contribution in [2.24, 2.45) is 0 Å². The van der Waals surface area contributed by atoms with Crippen molar-refractivity contribution in [1.29, 1.82) is 0 Å². The highest BCUT2D eigenvalue weighted by molar-refractivity contribution is 5.94. The van der Waals surface area contributed by atoms with E-state index in [1.807, 2.05) is 0 Å². The zero-order chi connectivity index (χ0) is 15.6. The van der Waals surface area contributed by atoms with Gasteiger partial charge in [-0.15, -0.1) is 0 Å². The fraction of sp³-hybridized carbons (Fsp3) is 0.588. The molecular weight excluding hydrogens is 285 g/mol. The average Bonchev–Trinajstić information content (AvgIpc) is 2.55. The molecule has 2 heterocycles. The number of benzene rings is 1. The molecule has 2 aliphatic heterocycles. The minimum atomic E-state index is -0.380. The van der Waals surface area contributed by atoms with Crippen LogP contribution >= 0.6 is 0 Å². The number of methoxy groups -OCH3 is 1. The topological polar surface area (TPSA) is 38.8 Å². The zero-order valence-electron chi connectivity index (χ0n) is 12.9. The lowest BCUT2D eigenvalue weighted by Crippen LogP contribution is -2.56. The summed E-state index contributed by atoms with van der Waals surface area (Å²) in [5.74, 6) is -0.492. The molecule has 1 aromatic rings. The first-order chi connectivity index (χ1) is 10.6. The van der Waals surface area contributed by atoms with Gasteiger partial charge in [-0.2, -0.15) is 0 Å². The van der Waals surface area contributed by atoms with E-state index in [-0.39, 0.29) is 23.4 Å². The van der Waals surface area contributed by atoms with E-state index in [2.05, 4.69) is 0 Å². The zero-order valence-corrected chi connectivity index (χ0v) is 12.9. The molecule has 0 aromatic heterocycles. The van der Waals surface area contributed by atoms with E-state index >= 15 is 0 Å². The first-order valence-corrected chi connectivity index (χ1v) is 7.86. The predicted octanol–water partition coefficient (Wildman–Crippen LogP) is 2.63. The van der Waals surface area contributed by atoms with Gasteiger partial charge < -0.3 is 14.4 Å². The van der Waals surface area contributed by atoms with Crippen molar-refractivity contribution in [1.82, 2.24) is 4.90 Å². The van der Waals surface area contributed by atoms with Crippen LogP contribution in [0.3, 0.4) is 0 Å². The number of amides is 1. The summed E-state index contributed by atoms with van der Waals surface area (Å²) in [4.78, 5) is 14.2. The summed E-state index contributed by atoms with van der Waals surface area (Å²) >= 11 is 0. The Labute approximate surface area is 130 Å². The van der Waals surface area contributed by atoms with Gasteiger partial charge in [0, 0.05) is 32.4 Å². The van der Waals surface area contributed by atoms with Crippen molar-refractivity contribution in [3.05, 3.63) is 35.6 Å². The number of likely N-dealkylation sites (tertiary alicyclic amines) is 1. The lowest BCUT2D eigenvalue weighted by Gasteiger charge is -2.48. The second kappa shape index (κ2) is 6.34. The normalized spacial score (nSPS) is 24.5. The number of piperidine rings is 1. The second-order valence-electron chi connectivity index (χ2n) is 6.08. The smallest absolute Gasteiger partial charge is 0.253 e. The number of hydrogen-bond donors (Lipinski definition) is 0. The van der Waals surface area contributed by atoms with E-state index in [1.165, 1.54) is 12.1 Å². The molecule has 0 radical (unpaired) electrons. The van der Waals surface area contributed by atoms with Crippen LogP contribution in [0.25, 0.3) is 0 Å². The fourth-order valence-electron chi connectivity index (χ4n) is 3.59. The molecule has 0 bridgehead atoms. The molecule has 4 nitrogen and oxygen atoms in total. The van der Waals surface area contributed by atoms with Crippen LogP contribution in [0.15, 0.2) is 24.3 Å². The number of halogens is 1. The third-order valence-electron chi connectivity index (χ3n) is 4.84. The highest BCUT2D eigenvalue weighted by Crippen LogP contribution is 2.37. The van der Waals surface area contributed by atoms with Crippen LogP contribution in [0.1, 0.15) is 36.0 Å². The van der Waals surface area contributed by atoms with Crippen LogP contribution < -0.4 is 0 Å². The van der Waals surface area contributed by atoms with Crippen molar-refractivity contribution < 1.29 is 18.7 Å². The minimum Gasteiger partial charge on any atom is -0.378 e. The first kappa shape index (κ1) is 15.4. The Hall–Kier alpha value is -1.46. The molecule has 2 fully saturated rings. The monoisotopic (exact) mass is 307 g/mol. The summed E-state index contributed by atoms with van der Waals surface area (Å²) in [6.45, 7) is 2.00. The molecule has 120 valence electrons. The number of nitrogens with zero attached hydrogens (tertiary/aromatic N) is 1. The molecule has 0 saturated carbocycles. The Kier molecular flexibility index (Phi) is 4.45. The van der Waals surface area contributed by atoms with Crippen LogP contribution in [0.4, 0.5) is 4.39 Å². The molecule has 3 rings (SSSR count). The van der Waals surface area contributed by atoms with Gasteiger partial charge in [-0.05, 0) is 43.9 Å². The quantitative estimate of drug-likeness (QED) is 0.843. The summed E-state index contributed by atoms with van der Waals surface area (Å²) in [5, 5.41) is 0. The van der Waals surface area contributed by atoms with Crippen molar-refractivity contribution >= 4 is 5.91 Å². The van der Waals surface area contributed by atoms with Gasteiger partial charge in [0.25, 0.3) is 5.91 Å². The van der Waals surface area contributed by atoms with Gasteiger partial charge in [0.1, 0.15) is 5.82 Å². The van der Waals surface area contributed by atoms with Crippen LogP contribution in [-0.4, -0.2) is 49.3 Å². The van der Waals surface area contributed by atoms with E-state index < -0.39 is 0 Å². The van der Waals surface area contributed by atoms with Gasteiger partial charge in [-0.25, -0.2) is 4.39 Å². The third-order valence-corrected chi connectivity index (χ3v) is 4.84. The van der Waals surface area contributed by atoms with Gasteiger partial charge in [0.2, 0.25) is 0 Å². The van der Waals surface area contributed by atoms with Crippen LogP contribution in [0.5, 0.6) is 0 Å². The summed E-state index contributed by atoms with van der Waals surface area (Å²) in [5.41, 5.74) is 0.148. The summed E-state index contributed by atoms with van der Waals surface area (Å²) in [7, 11) is 1.73. The Morgan fingerprint density at radius 1 is 1.41 bits per heavy atom. The second-order valence-corrected chi connectivity index (χ2v) is 6.08. The maximum Gasteiger partial charge on any atom is 0.253 e. The van der Waals surface area contributed by atoms with Gasteiger partial charge in [0.05, 0.1) is 11.7 Å². The van der Waals surface area contributed by atoms with Gasteiger partial charge in [-0.3, -0.25) is 4.79 Å². The summed E-state index contributed by atoms with van der Waals surface area (Å²) < 4.78 is 24.9. The number of carbonyl (C=O) groups is 1. The molecule has 1 aromatic carbocycles. The van der Waals surface area contributed by atoms with Gasteiger partial charge in [-0.1, -0.05) is 6.07 Å². The van der Waals surface area contributed by atoms with Gasteiger partial charge >= 0.3 is 0 Å². The number of rotatable bonds is 2. The maximum absolute atomic E-state index is 13.3. The van der Waals surface area contributed by atoms with Crippen LogP contribution in [0, 0.1) is 5.82 Å². The van der Waals surface area contributed by atoms with Crippen molar-refractivity contribution in [2.45, 2.75) is 37.4 Å². The van der Waals surface area contributed by atoms with E-state index in [1.54, 1.807) is 24.1 Å². The lowest BCUT2D eigenvalue weighted by atomic mass is 9.81. The predicted molar refractivity (Wildman–Crippen MR) is 80.3 cm³/mol. The molecular formula is C17H22FNO3. The van der Waals surface area contributed by atoms with Crippen LogP contribution in [0.2, 0.25) is 0 Å². The molecule has 1 amide bonds. The largest absolute Gasteiger partial charge is 0.378 e. The van der Waals surface area contributed by atoms with E-state index in [0.717, 1.165) is 32.3 Å². The van der Waals surface area contributed by atoms with Crippen molar-refractivity contribution in [3.8, 4) is 0 Å². The molecule has 0 N–H and O–H groups in total. The standard InChI is InChI=1S/C17H22FNO3/c1-21-15-6-3-11-22-17(15)7-9-19(10-8-17)16(20)13-4-2-5-14(18)12-13/h2,4-5,12,15H,3,6-11H2,1H3/t15-/m0/s1. The molecule has 1 spiro atoms. The minimum absolute atomic E-state index is 0.104. The molecule has 2 saturated heterocycles. The molecule has 1 atom stereocenters. The number of ether oxygens (including phenoxy) is 2. The van der Waals surface area contributed by atoms with Crippen molar-refractivity contribution in [3.63, 3.8) is 0 Å². The Morgan fingerprint density at radius 3 is 2.86 bits per heavy atom. The summed E-state index contributed by atoms with van der Waals surface area (Å²) in [6, 6.07) is 5.87. The lowest BCUT2D eigenvalue weighted by molar-refractivity contribution is -0.183. The van der Waals surface area contributed by atoms with Crippen molar-refractivity contribution in [2.75, 3.05) is 26.8 Å².